The Morgan fingerprint density at radius 1 is 1.21 bits per heavy atom. The molecule has 2 aromatic rings. The Morgan fingerprint density at radius 3 is 2.63 bits per heavy atom. The number of halogens is 1. The van der Waals surface area contributed by atoms with Crippen LogP contribution >= 0.6 is 0 Å². The van der Waals surface area contributed by atoms with Gasteiger partial charge in [-0.3, -0.25) is 4.79 Å². The summed E-state index contributed by atoms with van der Waals surface area (Å²) in [5, 5.41) is 3.83. The minimum absolute atomic E-state index is 0.237. The summed E-state index contributed by atoms with van der Waals surface area (Å²) in [4.78, 5) is 11.6. The maximum atomic E-state index is 12.9. The number of hydrogen-bond donors (Lipinski definition) is 1. The van der Waals surface area contributed by atoms with E-state index < -0.39 is 11.7 Å². The largest absolute Gasteiger partial charge is 0.271 e. The molecule has 3 nitrogen and oxygen atoms in total. The Morgan fingerprint density at radius 2 is 1.95 bits per heavy atom. The quantitative estimate of drug-likeness (QED) is 0.665. The van der Waals surface area contributed by atoms with E-state index in [1.165, 1.54) is 24.4 Å². The van der Waals surface area contributed by atoms with E-state index in [-0.39, 0.29) is 5.56 Å². The van der Waals surface area contributed by atoms with Crippen molar-refractivity contribution >= 4 is 12.1 Å². The molecule has 0 bridgehead atoms. The van der Waals surface area contributed by atoms with Crippen molar-refractivity contribution in [2.24, 2.45) is 5.10 Å². The fraction of sp³-hybridized carbons (Fsp3) is 0.0667. The minimum atomic E-state index is -0.449. The van der Waals surface area contributed by atoms with Crippen LogP contribution in [0.1, 0.15) is 21.5 Å². The smallest absolute Gasteiger partial charge is 0.267 e. The molecule has 0 atom stereocenters. The highest BCUT2D eigenvalue weighted by molar-refractivity contribution is 5.94. The predicted octanol–water partition coefficient (Wildman–Crippen LogP) is 2.90. The molecular formula is C15H13FN2O. The number of nitrogens with one attached hydrogen (secondary N) is 1. The number of aryl methyl sites for hydroxylation is 1. The van der Waals surface area contributed by atoms with E-state index in [0.717, 1.165) is 17.2 Å². The van der Waals surface area contributed by atoms with Crippen LogP contribution in [-0.2, 0) is 0 Å². The van der Waals surface area contributed by atoms with E-state index in [0.29, 0.717) is 0 Å². The number of hydrazone groups is 1. The summed E-state index contributed by atoms with van der Waals surface area (Å²) in [6.45, 7) is 1.99. The van der Waals surface area contributed by atoms with Crippen LogP contribution in [0, 0.1) is 12.7 Å². The van der Waals surface area contributed by atoms with Crippen molar-refractivity contribution in [3.05, 3.63) is 71.0 Å². The molecule has 0 saturated heterocycles. The molecule has 0 spiro atoms. The molecule has 0 aliphatic rings. The van der Waals surface area contributed by atoms with Crippen molar-refractivity contribution < 1.29 is 9.18 Å². The van der Waals surface area contributed by atoms with Gasteiger partial charge in [0.05, 0.1) is 6.21 Å². The first-order valence-electron chi connectivity index (χ1n) is 5.81. The van der Waals surface area contributed by atoms with Crippen LogP contribution in [0.5, 0.6) is 0 Å². The maximum absolute atomic E-state index is 12.9. The van der Waals surface area contributed by atoms with Gasteiger partial charge in [-0.2, -0.15) is 5.10 Å². The molecule has 0 radical (unpaired) electrons. The normalized spacial score (nSPS) is 10.6. The van der Waals surface area contributed by atoms with Crippen molar-refractivity contribution in [2.75, 3.05) is 0 Å². The molecule has 0 heterocycles. The second kappa shape index (κ2) is 5.91. The van der Waals surface area contributed by atoms with E-state index >= 15 is 0 Å². The zero-order chi connectivity index (χ0) is 13.7. The summed E-state index contributed by atoms with van der Waals surface area (Å²) in [6.07, 6.45) is 1.54. The number of hydrogen-bond acceptors (Lipinski definition) is 2. The highest BCUT2D eigenvalue weighted by Crippen LogP contribution is 2.03. The Kier molecular flexibility index (Phi) is 4.03. The number of rotatable bonds is 3. The zero-order valence-corrected chi connectivity index (χ0v) is 10.4. The molecule has 0 aliphatic heterocycles. The SMILES string of the molecule is Cc1ccc(/C=N\NC(=O)c2cccc(F)c2)cc1. The van der Waals surface area contributed by atoms with E-state index in [9.17, 15) is 9.18 Å². The molecule has 2 rings (SSSR count). The van der Waals surface area contributed by atoms with Crippen molar-refractivity contribution in [3.8, 4) is 0 Å². The van der Waals surface area contributed by atoms with Crippen molar-refractivity contribution in [2.45, 2.75) is 6.92 Å². The Labute approximate surface area is 110 Å². The third kappa shape index (κ3) is 3.74. The van der Waals surface area contributed by atoms with Crippen molar-refractivity contribution in [1.29, 1.82) is 0 Å². The summed E-state index contributed by atoms with van der Waals surface area (Å²) in [7, 11) is 0. The van der Waals surface area contributed by atoms with Crippen LogP contribution in [0.15, 0.2) is 53.6 Å². The molecule has 0 aromatic heterocycles. The fourth-order valence-corrected chi connectivity index (χ4v) is 1.51. The lowest BCUT2D eigenvalue weighted by molar-refractivity contribution is 0.0954. The third-order valence-electron chi connectivity index (χ3n) is 2.54. The molecular weight excluding hydrogens is 243 g/mol. The molecule has 0 unspecified atom stereocenters. The van der Waals surface area contributed by atoms with Crippen LogP contribution in [0.25, 0.3) is 0 Å². The summed E-state index contributed by atoms with van der Waals surface area (Å²) in [5.74, 6) is -0.891. The van der Waals surface area contributed by atoms with Crippen LogP contribution in [0.3, 0.4) is 0 Å². The first kappa shape index (κ1) is 13.0. The highest BCUT2D eigenvalue weighted by atomic mass is 19.1. The lowest BCUT2D eigenvalue weighted by atomic mass is 10.2. The first-order chi connectivity index (χ1) is 9.15. The van der Waals surface area contributed by atoms with Crippen LogP contribution in [0.4, 0.5) is 4.39 Å². The third-order valence-corrected chi connectivity index (χ3v) is 2.54. The number of benzene rings is 2. The average Bonchev–Trinajstić information content (AvgIpc) is 2.41. The van der Waals surface area contributed by atoms with Crippen molar-refractivity contribution in [3.63, 3.8) is 0 Å². The summed E-state index contributed by atoms with van der Waals surface area (Å²) in [6, 6.07) is 13.2. The van der Waals surface area contributed by atoms with Gasteiger partial charge >= 0.3 is 0 Å². The Balaban J connectivity index is 1.98. The minimum Gasteiger partial charge on any atom is -0.267 e. The van der Waals surface area contributed by atoms with E-state index in [1.54, 1.807) is 0 Å². The van der Waals surface area contributed by atoms with Gasteiger partial charge in [-0.25, -0.2) is 9.82 Å². The molecule has 19 heavy (non-hydrogen) atoms. The number of carbonyl (C=O) groups excluding carboxylic acids is 1. The van der Waals surface area contributed by atoms with Gasteiger partial charge < -0.3 is 0 Å². The first-order valence-corrected chi connectivity index (χ1v) is 5.81. The lowest BCUT2D eigenvalue weighted by Gasteiger charge is -1.99. The van der Waals surface area contributed by atoms with Gasteiger partial charge in [-0.05, 0) is 30.7 Å². The summed E-state index contributed by atoms with van der Waals surface area (Å²) >= 11 is 0. The molecule has 0 saturated carbocycles. The molecule has 1 amide bonds. The predicted molar refractivity (Wildman–Crippen MR) is 72.6 cm³/mol. The number of amides is 1. The van der Waals surface area contributed by atoms with E-state index in [4.69, 9.17) is 0 Å². The van der Waals surface area contributed by atoms with Gasteiger partial charge in [0.1, 0.15) is 5.82 Å². The molecule has 96 valence electrons. The second-order valence-electron chi connectivity index (χ2n) is 4.12. The van der Waals surface area contributed by atoms with Gasteiger partial charge in [0.2, 0.25) is 0 Å². The second-order valence-corrected chi connectivity index (χ2v) is 4.12. The lowest BCUT2D eigenvalue weighted by Crippen LogP contribution is -2.17. The average molecular weight is 256 g/mol. The Hall–Kier alpha value is -2.49. The standard InChI is InChI=1S/C15H13FN2O/c1-11-5-7-12(8-6-11)10-17-18-15(19)13-3-2-4-14(16)9-13/h2-10H,1H3,(H,18,19)/b17-10-. The number of carbonyl (C=O) groups is 1. The summed E-state index contributed by atoms with van der Waals surface area (Å²) < 4.78 is 12.9. The molecule has 0 aliphatic carbocycles. The van der Waals surface area contributed by atoms with Gasteiger partial charge in [0.15, 0.2) is 0 Å². The van der Waals surface area contributed by atoms with Crippen LogP contribution in [-0.4, -0.2) is 12.1 Å². The fourth-order valence-electron chi connectivity index (χ4n) is 1.51. The van der Waals surface area contributed by atoms with Crippen molar-refractivity contribution in [1.82, 2.24) is 5.43 Å². The van der Waals surface area contributed by atoms with Crippen LogP contribution < -0.4 is 5.43 Å². The van der Waals surface area contributed by atoms with Gasteiger partial charge in [0, 0.05) is 5.56 Å². The topological polar surface area (TPSA) is 41.5 Å². The van der Waals surface area contributed by atoms with Gasteiger partial charge in [0.25, 0.3) is 5.91 Å². The highest BCUT2D eigenvalue weighted by Gasteiger charge is 2.04. The maximum Gasteiger partial charge on any atom is 0.271 e. The molecule has 4 heteroatoms. The van der Waals surface area contributed by atoms with Gasteiger partial charge in [-0.15, -0.1) is 0 Å². The monoisotopic (exact) mass is 256 g/mol. The molecule has 1 N–H and O–H groups in total. The molecule has 2 aromatic carbocycles. The van der Waals surface area contributed by atoms with Crippen LogP contribution in [0.2, 0.25) is 0 Å². The van der Waals surface area contributed by atoms with E-state index in [1.807, 2.05) is 31.2 Å². The Bertz CT molecular complexity index is 606. The molecule has 0 fully saturated rings. The zero-order valence-electron chi connectivity index (χ0n) is 10.4. The van der Waals surface area contributed by atoms with E-state index in [2.05, 4.69) is 10.5 Å². The number of nitrogens with zero attached hydrogens (tertiary/aromatic N) is 1. The summed E-state index contributed by atoms with van der Waals surface area (Å²) in [5.41, 5.74) is 4.62. The van der Waals surface area contributed by atoms with Gasteiger partial charge in [-0.1, -0.05) is 35.9 Å².